The van der Waals surface area contributed by atoms with Crippen LogP contribution < -0.4 is 9.47 Å². The van der Waals surface area contributed by atoms with Crippen LogP contribution in [0.15, 0.2) is 65.0 Å². The summed E-state index contributed by atoms with van der Waals surface area (Å²) >= 11 is 0. The van der Waals surface area contributed by atoms with Gasteiger partial charge < -0.3 is 28.6 Å². The summed E-state index contributed by atoms with van der Waals surface area (Å²) in [6.45, 7) is 4.63. The van der Waals surface area contributed by atoms with Gasteiger partial charge in [-0.25, -0.2) is 0 Å². The molecular weight excluding hydrogens is 402 g/mol. The van der Waals surface area contributed by atoms with Gasteiger partial charge in [0.1, 0.15) is 6.61 Å². The van der Waals surface area contributed by atoms with Crippen molar-refractivity contribution in [3.05, 3.63) is 71.9 Å². The third-order valence-corrected chi connectivity index (χ3v) is 4.90. The summed E-state index contributed by atoms with van der Waals surface area (Å²) in [6, 6.07) is 7.36. The summed E-state index contributed by atoms with van der Waals surface area (Å²) in [7, 11) is 3.07. The molecule has 31 heavy (non-hydrogen) atoms. The van der Waals surface area contributed by atoms with Crippen LogP contribution in [0.25, 0.3) is 0 Å². The molecule has 2 aromatic rings. The molecule has 1 aromatic heterocycles. The molecule has 0 unspecified atom stereocenters. The van der Waals surface area contributed by atoms with Gasteiger partial charge in [0.25, 0.3) is 5.91 Å². The third kappa shape index (κ3) is 4.49. The molecule has 1 amide bonds. The van der Waals surface area contributed by atoms with Crippen molar-refractivity contribution < 1.29 is 33.3 Å². The maximum absolute atomic E-state index is 13.1. The van der Waals surface area contributed by atoms with E-state index in [1.807, 2.05) is 0 Å². The topological polar surface area (TPSA) is 98.4 Å². The molecule has 8 nitrogen and oxygen atoms in total. The number of aliphatic hydroxyl groups excluding tert-OH is 1. The number of rotatable bonds is 11. The Labute approximate surface area is 180 Å². The van der Waals surface area contributed by atoms with Gasteiger partial charge in [-0.3, -0.25) is 9.59 Å². The highest BCUT2D eigenvalue weighted by Crippen LogP contribution is 2.41. The number of aliphatic hydroxyl groups is 1. The molecule has 2 heterocycles. The number of ketones is 1. The first-order chi connectivity index (χ1) is 15.0. The molecular formula is C23H25NO7. The number of benzene rings is 1. The number of nitrogens with zero attached hydrogens (tertiary/aromatic N) is 1. The fourth-order valence-electron chi connectivity index (χ4n) is 3.50. The van der Waals surface area contributed by atoms with Crippen molar-refractivity contribution in [2.75, 3.05) is 34.0 Å². The van der Waals surface area contributed by atoms with Crippen LogP contribution in [0.4, 0.5) is 0 Å². The SMILES string of the molecule is C=CCOc1ccc([C@@H]2C(C(=O)c3ccco3)=C(O)C(=O)N2CCCOC)cc1OC. The van der Waals surface area contributed by atoms with Crippen LogP contribution in [-0.4, -0.2) is 55.7 Å². The van der Waals surface area contributed by atoms with Gasteiger partial charge >= 0.3 is 0 Å². The lowest BCUT2D eigenvalue weighted by Crippen LogP contribution is -2.32. The van der Waals surface area contributed by atoms with Crippen LogP contribution >= 0.6 is 0 Å². The summed E-state index contributed by atoms with van der Waals surface area (Å²) in [6.07, 6.45) is 3.51. The second kappa shape index (κ2) is 9.99. The summed E-state index contributed by atoms with van der Waals surface area (Å²) in [5.74, 6) is -0.804. The largest absolute Gasteiger partial charge is 0.503 e. The number of furan rings is 1. The maximum Gasteiger partial charge on any atom is 0.290 e. The van der Waals surface area contributed by atoms with Crippen LogP contribution in [0.2, 0.25) is 0 Å². The quantitative estimate of drug-likeness (QED) is 0.333. The first kappa shape index (κ1) is 22.2. The van der Waals surface area contributed by atoms with Crippen molar-refractivity contribution in [2.24, 2.45) is 0 Å². The van der Waals surface area contributed by atoms with Crippen LogP contribution in [0.1, 0.15) is 28.6 Å². The minimum Gasteiger partial charge on any atom is -0.503 e. The normalized spacial score (nSPS) is 16.0. The van der Waals surface area contributed by atoms with Gasteiger partial charge in [0.2, 0.25) is 5.78 Å². The second-order valence-corrected chi connectivity index (χ2v) is 6.83. The van der Waals surface area contributed by atoms with Gasteiger partial charge in [-0.2, -0.15) is 0 Å². The molecule has 1 aliphatic rings. The van der Waals surface area contributed by atoms with Crippen LogP contribution in [0.5, 0.6) is 11.5 Å². The molecule has 1 aliphatic heterocycles. The van der Waals surface area contributed by atoms with Crippen molar-refractivity contribution in [1.82, 2.24) is 4.90 Å². The highest BCUT2D eigenvalue weighted by molar-refractivity contribution is 6.15. The zero-order valence-corrected chi connectivity index (χ0v) is 17.5. The van der Waals surface area contributed by atoms with Crippen LogP contribution in [-0.2, 0) is 9.53 Å². The van der Waals surface area contributed by atoms with E-state index in [0.717, 1.165) is 0 Å². The number of ether oxygens (including phenoxy) is 3. The lowest BCUT2D eigenvalue weighted by Gasteiger charge is -2.27. The fourth-order valence-corrected chi connectivity index (χ4v) is 3.50. The number of hydrogen-bond acceptors (Lipinski definition) is 7. The predicted octanol–water partition coefficient (Wildman–Crippen LogP) is 3.47. The Hall–Kier alpha value is -3.52. The molecule has 0 fully saturated rings. The Morgan fingerprint density at radius 1 is 1.29 bits per heavy atom. The molecule has 0 spiro atoms. The summed E-state index contributed by atoms with van der Waals surface area (Å²) in [4.78, 5) is 27.4. The van der Waals surface area contributed by atoms with Crippen molar-refractivity contribution in [1.29, 1.82) is 0 Å². The summed E-state index contributed by atoms with van der Waals surface area (Å²) in [5, 5.41) is 10.6. The molecule has 1 atom stereocenters. The van der Waals surface area contributed by atoms with Gasteiger partial charge in [-0.15, -0.1) is 0 Å². The number of methoxy groups -OCH3 is 2. The Balaban J connectivity index is 2.05. The van der Waals surface area contributed by atoms with E-state index in [9.17, 15) is 14.7 Å². The molecule has 0 radical (unpaired) electrons. The van der Waals surface area contributed by atoms with Gasteiger partial charge in [0.15, 0.2) is 23.0 Å². The van der Waals surface area contributed by atoms with Gasteiger partial charge in [-0.1, -0.05) is 18.7 Å². The van der Waals surface area contributed by atoms with Crippen LogP contribution in [0, 0.1) is 0 Å². The average Bonchev–Trinajstić information content (AvgIpc) is 3.40. The van der Waals surface area contributed by atoms with E-state index in [0.29, 0.717) is 36.7 Å². The molecule has 0 saturated carbocycles. The Kier molecular flexibility index (Phi) is 7.15. The van der Waals surface area contributed by atoms with Crippen LogP contribution in [0.3, 0.4) is 0 Å². The summed E-state index contributed by atoms with van der Waals surface area (Å²) < 4.78 is 21.3. The van der Waals surface area contributed by atoms with E-state index in [1.165, 1.54) is 24.3 Å². The highest BCUT2D eigenvalue weighted by Gasteiger charge is 2.44. The zero-order chi connectivity index (χ0) is 22.4. The van der Waals surface area contributed by atoms with E-state index in [-0.39, 0.29) is 17.9 Å². The van der Waals surface area contributed by atoms with E-state index in [2.05, 4.69) is 6.58 Å². The fraction of sp³-hybridized carbons (Fsp3) is 0.304. The Morgan fingerprint density at radius 2 is 2.10 bits per heavy atom. The summed E-state index contributed by atoms with van der Waals surface area (Å²) in [5.41, 5.74) is 0.548. The Morgan fingerprint density at radius 3 is 2.74 bits per heavy atom. The van der Waals surface area contributed by atoms with Crippen molar-refractivity contribution in [3.8, 4) is 11.5 Å². The first-order valence-corrected chi connectivity index (χ1v) is 9.76. The number of carbonyl (C=O) groups is 2. The Bertz CT molecular complexity index is 978. The zero-order valence-electron chi connectivity index (χ0n) is 17.5. The molecule has 3 rings (SSSR count). The monoisotopic (exact) mass is 427 g/mol. The van der Waals surface area contributed by atoms with E-state index < -0.39 is 23.5 Å². The lowest BCUT2D eigenvalue weighted by atomic mass is 9.94. The maximum atomic E-state index is 13.1. The van der Waals surface area contributed by atoms with E-state index in [4.69, 9.17) is 18.6 Å². The number of carbonyl (C=O) groups excluding carboxylic acids is 2. The van der Waals surface area contributed by atoms with Gasteiger partial charge in [0.05, 0.1) is 25.0 Å². The highest BCUT2D eigenvalue weighted by atomic mass is 16.5. The standard InChI is InChI=1S/C23H25NO7/c1-4-11-30-16-9-8-15(14-18(16)29-3)20-19(21(25)17-7-5-13-31-17)22(26)23(27)24(20)10-6-12-28-2/h4-5,7-9,13-14,20,26H,1,6,10-12H2,2-3H3/t20-/m1/s1. The minimum atomic E-state index is -0.815. The number of Topliss-reactive ketones (excluding diaryl/α,β-unsaturated/α-hetero) is 1. The molecule has 1 N–H and O–H groups in total. The molecule has 0 saturated heterocycles. The number of hydrogen-bond donors (Lipinski definition) is 1. The van der Waals surface area contributed by atoms with Crippen molar-refractivity contribution in [2.45, 2.75) is 12.5 Å². The first-order valence-electron chi connectivity index (χ1n) is 9.76. The molecule has 1 aromatic carbocycles. The van der Waals surface area contributed by atoms with Gasteiger partial charge in [-0.05, 0) is 36.2 Å². The van der Waals surface area contributed by atoms with E-state index in [1.54, 1.807) is 37.5 Å². The lowest BCUT2D eigenvalue weighted by molar-refractivity contribution is -0.129. The molecule has 8 heteroatoms. The van der Waals surface area contributed by atoms with Crippen molar-refractivity contribution >= 4 is 11.7 Å². The molecule has 164 valence electrons. The van der Waals surface area contributed by atoms with Gasteiger partial charge in [0, 0.05) is 20.3 Å². The smallest absolute Gasteiger partial charge is 0.290 e. The molecule has 0 bridgehead atoms. The molecule has 0 aliphatic carbocycles. The third-order valence-electron chi connectivity index (χ3n) is 4.90. The second-order valence-electron chi connectivity index (χ2n) is 6.83. The average molecular weight is 427 g/mol. The number of amides is 1. The van der Waals surface area contributed by atoms with E-state index >= 15 is 0 Å². The minimum absolute atomic E-state index is 0.0380. The predicted molar refractivity (Wildman–Crippen MR) is 112 cm³/mol. The van der Waals surface area contributed by atoms with Crippen molar-refractivity contribution in [3.63, 3.8) is 0 Å².